The minimum absolute atomic E-state index is 0.0493. The van der Waals surface area contributed by atoms with Gasteiger partial charge in [0.05, 0.1) is 12.1 Å². The van der Waals surface area contributed by atoms with Crippen molar-refractivity contribution in [3.63, 3.8) is 0 Å². The summed E-state index contributed by atoms with van der Waals surface area (Å²) in [6.07, 6.45) is 1.01. The summed E-state index contributed by atoms with van der Waals surface area (Å²) in [7, 11) is 0. The molecule has 0 radical (unpaired) electrons. The van der Waals surface area contributed by atoms with Crippen LogP contribution in [0.1, 0.15) is 40.5 Å². The van der Waals surface area contributed by atoms with Gasteiger partial charge in [-0.05, 0) is 18.8 Å². The van der Waals surface area contributed by atoms with Crippen molar-refractivity contribution < 1.29 is 9.90 Å². The number of carbonyl (C=O) groups excluding carboxylic acids is 1. The minimum Gasteiger partial charge on any atom is -0.392 e. The van der Waals surface area contributed by atoms with Gasteiger partial charge in [-0.1, -0.05) is 27.7 Å². The maximum absolute atomic E-state index is 11.8. The Morgan fingerprint density at radius 2 is 2.12 bits per heavy atom. The first-order chi connectivity index (χ1) is 7.25. The lowest BCUT2D eigenvalue weighted by atomic mass is 9.64. The SMILES string of the molecule is CC(C)CC(N)C(=O)NC1CC(O)C1(C)C. The third-order valence-electron chi connectivity index (χ3n) is 3.59. The molecule has 1 aliphatic rings. The third-order valence-corrected chi connectivity index (χ3v) is 3.59. The summed E-state index contributed by atoms with van der Waals surface area (Å²) in [4.78, 5) is 11.8. The monoisotopic (exact) mass is 228 g/mol. The Kier molecular flexibility index (Phi) is 3.97. The maximum atomic E-state index is 11.8. The number of nitrogens with one attached hydrogen (secondary N) is 1. The van der Waals surface area contributed by atoms with Crippen molar-refractivity contribution in [1.29, 1.82) is 0 Å². The molecule has 1 fully saturated rings. The first-order valence-corrected chi connectivity index (χ1v) is 5.99. The molecule has 1 saturated carbocycles. The number of aliphatic hydroxyl groups excluding tert-OH is 1. The lowest BCUT2D eigenvalue weighted by Gasteiger charge is -2.49. The molecule has 1 aliphatic carbocycles. The van der Waals surface area contributed by atoms with E-state index in [9.17, 15) is 9.90 Å². The van der Waals surface area contributed by atoms with Crippen LogP contribution in [0.3, 0.4) is 0 Å². The van der Waals surface area contributed by atoms with Gasteiger partial charge in [0.25, 0.3) is 0 Å². The fourth-order valence-corrected chi connectivity index (χ4v) is 2.04. The average molecular weight is 228 g/mol. The minimum atomic E-state index is -0.437. The molecule has 0 aromatic heterocycles. The summed E-state index contributed by atoms with van der Waals surface area (Å²) in [6.45, 7) is 8.01. The topological polar surface area (TPSA) is 75.4 Å². The van der Waals surface area contributed by atoms with Crippen LogP contribution in [0.2, 0.25) is 0 Å². The lowest BCUT2D eigenvalue weighted by Crippen LogP contribution is -2.63. The Bertz CT molecular complexity index is 264. The van der Waals surface area contributed by atoms with Gasteiger partial charge in [-0.2, -0.15) is 0 Å². The molecule has 16 heavy (non-hydrogen) atoms. The summed E-state index contributed by atoms with van der Waals surface area (Å²) < 4.78 is 0. The van der Waals surface area contributed by atoms with Gasteiger partial charge in [0.2, 0.25) is 5.91 Å². The van der Waals surface area contributed by atoms with Gasteiger partial charge < -0.3 is 16.2 Å². The van der Waals surface area contributed by atoms with Gasteiger partial charge in [-0.3, -0.25) is 4.79 Å². The first-order valence-electron chi connectivity index (χ1n) is 5.99. The Morgan fingerprint density at radius 1 is 1.56 bits per heavy atom. The summed E-state index contributed by atoms with van der Waals surface area (Å²) in [5.74, 6) is 0.319. The molecule has 3 unspecified atom stereocenters. The van der Waals surface area contributed by atoms with E-state index in [1.165, 1.54) is 0 Å². The van der Waals surface area contributed by atoms with Crippen LogP contribution in [0.15, 0.2) is 0 Å². The molecule has 0 spiro atoms. The van der Waals surface area contributed by atoms with E-state index in [1.807, 2.05) is 27.7 Å². The van der Waals surface area contributed by atoms with Gasteiger partial charge in [0, 0.05) is 11.5 Å². The van der Waals surface area contributed by atoms with Crippen LogP contribution in [0.25, 0.3) is 0 Å². The summed E-state index contributed by atoms with van der Waals surface area (Å²) in [6, 6.07) is -0.387. The van der Waals surface area contributed by atoms with Gasteiger partial charge in [0.15, 0.2) is 0 Å². The number of rotatable bonds is 4. The average Bonchev–Trinajstić information content (AvgIpc) is 2.16. The van der Waals surface area contributed by atoms with Crippen LogP contribution in [0, 0.1) is 11.3 Å². The Morgan fingerprint density at radius 3 is 2.50 bits per heavy atom. The zero-order valence-electron chi connectivity index (χ0n) is 10.7. The van der Waals surface area contributed by atoms with E-state index in [0.29, 0.717) is 18.8 Å². The van der Waals surface area contributed by atoms with E-state index in [1.54, 1.807) is 0 Å². The van der Waals surface area contributed by atoms with Crippen LogP contribution < -0.4 is 11.1 Å². The summed E-state index contributed by atoms with van der Waals surface area (Å²) in [5, 5.41) is 12.5. The third kappa shape index (κ3) is 2.74. The zero-order valence-corrected chi connectivity index (χ0v) is 10.7. The lowest BCUT2D eigenvalue weighted by molar-refractivity contribution is -0.130. The fourth-order valence-electron chi connectivity index (χ4n) is 2.04. The molecule has 4 heteroatoms. The zero-order chi connectivity index (χ0) is 12.5. The molecular weight excluding hydrogens is 204 g/mol. The molecule has 3 atom stereocenters. The van der Waals surface area contributed by atoms with Crippen molar-refractivity contribution in [3.05, 3.63) is 0 Å². The number of hydrogen-bond donors (Lipinski definition) is 3. The predicted octanol–water partition coefficient (Wildman–Crippen LogP) is 0.635. The Labute approximate surface area is 97.6 Å². The van der Waals surface area contributed by atoms with Gasteiger partial charge in [-0.15, -0.1) is 0 Å². The highest BCUT2D eigenvalue weighted by Gasteiger charge is 2.48. The molecule has 0 saturated heterocycles. The molecule has 4 nitrogen and oxygen atoms in total. The highest BCUT2D eigenvalue weighted by Crippen LogP contribution is 2.40. The molecule has 0 aromatic carbocycles. The van der Waals surface area contributed by atoms with Crippen LogP contribution in [0.5, 0.6) is 0 Å². The van der Waals surface area contributed by atoms with Crippen LogP contribution in [-0.4, -0.2) is 29.2 Å². The number of aliphatic hydroxyl groups is 1. The highest BCUT2D eigenvalue weighted by atomic mass is 16.3. The number of hydrogen-bond acceptors (Lipinski definition) is 3. The highest BCUT2D eigenvalue weighted by molar-refractivity contribution is 5.82. The maximum Gasteiger partial charge on any atom is 0.237 e. The quantitative estimate of drug-likeness (QED) is 0.661. The van der Waals surface area contributed by atoms with Crippen molar-refractivity contribution in [2.24, 2.45) is 17.1 Å². The van der Waals surface area contributed by atoms with Gasteiger partial charge in [-0.25, -0.2) is 0 Å². The summed E-state index contributed by atoms with van der Waals surface area (Å²) in [5.41, 5.74) is 5.56. The molecule has 0 bridgehead atoms. The second-order valence-corrected chi connectivity index (χ2v) is 5.87. The van der Waals surface area contributed by atoms with Crippen molar-refractivity contribution >= 4 is 5.91 Å². The predicted molar refractivity (Wildman–Crippen MR) is 63.8 cm³/mol. The van der Waals surface area contributed by atoms with Crippen molar-refractivity contribution in [2.45, 2.75) is 58.7 Å². The van der Waals surface area contributed by atoms with E-state index in [2.05, 4.69) is 5.32 Å². The van der Waals surface area contributed by atoms with E-state index in [4.69, 9.17) is 5.73 Å². The molecule has 4 N–H and O–H groups in total. The molecule has 94 valence electrons. The van der Waals surface area contributed by atoms with E-state index in [-0.39, 0.29) is 23.5 Å². The smallest absolute Gasteiger partial charge is 0.237 e. The van der Waals surface area contributed by atoms with Crippen molar-refractivity contribution in [3.8, 4) is 0 Å². The van der Waals surface area contributed by atoms with E-state index < -0.39 is 6.04 Å². The second-order valence-electron chi connectivity index (χ2n) is 5.87. The Balaban J connectivity index is 2.41. The molecule has 0 heterocycles. The summed E-state index contributed by atoms with van der Waals surface area (Å²) >= 11 is 0. The number of nitrogens with two attached hydrogens (primary N) is 1. The number of amides is 1. The van der Waals surface area contributed by atoms with Crippen molar-refractivity contribution in [2.75, 3.05) is 0 Å². The molecular formula is C12H24N2O2. The molecule has 1 amide bonds. The fraction of sp³-hybridized carbons (Fsp3) is 0.917. The van der Waals surface area contributed by atoms with Gasteiger partial charge in [0.1, 0.15) is 0 Å². The van der Waals surface area contributed by atoms with Crippen LogP contribution in [0.4, 0.5) is 0 Å². The second kappa shape index (κ2) is 4.72. The first kappa shape index (κ1) is 13.5. The molecule has 0 aromatic rings. The number of carbonyl (C=O) groups is 1. The normalized spacial score (nSPS) is 29.7. The Hall–Kier alpha value is -0.610. The molecule has 0 aliphatic heterocycles. The largest absolute Gasteiger partial charge is 0.392 e. The van der Waals surface area contributed by atoms with Crippen LogP contribution in [-0.2, 0) is 4.79 Å². The van der Waals surface area contributed by atoms with Crippen molar-refractivity contribution in [1.82, 2.24) is 5.32 Å². The van der Waals surface area contributed by atoms with Gasteiger partial charge >= 0.3 is 0 Å². The van der Waals surface area contributed by atoms with Crippen LogP contribution >= 0.6 is 0 Å². The standard InChI is InChI=1S/C12H24N2O2/c1-7(2)5-8(13)11(16)14-9-6-10(15)12(9,3)4/h7-10,15H,5-6,13H2,1-4H3,(H,14,16). The molecule has 1 rings (SSSR count). The van der Waals surface area contributed by atoms with E-state index in [0.717, 1.165) is 0 Å². The van der Waals surface area contributed by atoms with E-state index >= 15 is 0 Å².